The van der Waals surface area contributed by atoms with Gasteiger partial charge in [0.1, 0.15) is 0 Å². The molecule has 0 aromatic carbocycles. The molecule has 0 radical (unpaired) electrons. The van der Waals surface area contributed by atoms with Crippen LogP contribution in [-0.4, -0.2) is 95.2 Å². The highest BCUT2D eigenvalue weighted by Crippen LogP contribution is 2.11. The van der Waals surface area contributed by atoms with Gasteiger partial charge in [-0.25, -0.2) is 0 Å². The summed E-state index contributed by atoms with van der Waals surface area (Å²) in [5, 5.41) is 25.4. The predicted molar refractivity (Wildman–Crippen MR) is 110 cm³/mol. The van der Waals surface area contributed by atoms with E-state index in [4.69, 9.17) is 5.73 Å². The van der Waals surface area contributed by atoms with Crippen LogP contribution in [0.5, 0.6) is 0 Å². The summed E-state index contributed by atoms with van der Waals surface area (Å²) in [5.41, 5.74) is 6.37. The smallest absolute Gasteiger partial charge is 0.0562 e. The molecule has 3 aliphatic heterocycles. The van der Waals surface area contributed by atoms with Crippen molar-refractivity contribution in [3.05, 3.63) is 0 Å². The summed E-state index contributed by atoms with van der Waals surface area (Å²) >= 11 is 0. The Morgan fingerprint density at radius 2 is 0.923 bits per heavy atom. The van der Waals surface area contributed by atoms with E-state index in [2.05, 4.69) is 58.0 Å². The van der Waals surface area contributed by atoms with Gasteiger partial charge in [0.15, 0.2) is 0 Å². The lowest BCUT2D eigenvalue weighted by Crippen LogP contribution is -2.69. The molecular weight excluding hydrogens is 328 g/mol. The Balaban J connectivity index is 2.14. The Morgan fingerprint density at radius 3 is 1.23 bits per heavy atom. The topological polar surface area (TPSA) is 110 Å². The second-order valence-electron chi connectivity index (χ2n) is 9.08. The molecule has 0 saturated carbocycles. The van der Waals surface area contributed by atoms with Gasteiger partial charge in [0.05, 0.1) is 11.1 Å². The molecule has 8 heteroatoms. The highest BCUT2D eigenvalue weighted by Gasteiger charge is 2.33. The summed E-state index contributed by atoms with van der Waals surface area (Å²) < 4.78 is 0. The molecule has 154 valence electrons. The second kappa shape index (κ2) is 10.3. The van der Waals surface area contributed by atoms with Crippen LogP contribution in [0.15, 0.2) is 0 Å². The first-order valence-corrected chi connectivity index (χ1v) is 10.2. The van der Waals surface area contributed by atoms with E-state index in [1.807, 2.05) is 0 Å². The van der Waals surface area contributed by atoms with Gasteiger partial charge in [-0.05, 0) is 20.8 Å². The molecule has 9 N–H and O–H groups in total. The average Bonchev–Trinajstić information content (AvgIpc) is 2.55. The summed E-state index contributed by atoms with van der Waals surface area (Å²) in [5.74, 6) is 0. The van der Waals surface area contributed by atoms with Gasteiger partial charge in [-0.1, -0.05) is 0 Å². The lowest BCUT2D eigenvalue weighted by atomic mass is 9.93. The minimum atomic E-state index is -0.272. The Labute approximate surface area is 159 Å². The van der Waals surface area contributed by atoms with Crippen molar-refractivity contribution < 1.29 is 0 Å². The highest BCUT2D eigenvalue weighted by molar-refractivity contribution is 4.99. The maximum Gasteiger partial charge on any atom is 0.0562 e. The third-order valence-corrected chi connectivity index (χ3v) is 4.90. The largest absolute Gasteiger partial charge is 0.322 e. The molecule has 2 bridgehead atoms. The Kier molecular flexibility index (Phi) is 8.69. The van der Waals surface area contributed by atoms with Crippen molar-refractivity contribution >= 4 is 0 Å². The fraction of sp³-hybridized carbons (Fsp3) is 1.00. The molecule has 26 heavy (non-hydrogen) atoms. The quantitative estimate of drug-likeness (QED) is 0.253. The van der Waals surface area contributed by atoms with Gasteiger partial charge in [-0.2, -0.15) is 0 Å². The van der Waals surface area contributed by atoms with Gasteiger partial charge < -0.3 is 43.0 Å². The average molecular weight is 371 g/mol. The maximum absolute atomic E-state index is 6.63. The Bertz CT molecular complexity index is 352. The molecule has 0 amide bonds. The van der Waals surface area contributed by atoms with Crippen LogP contribution in [0.25, 0.3) is 0 Å². The van der Waals surface area contributed by atoms with Crippen LogP contribution in [0.3, 0.4) is 0 Å². The molecule has 3 aliphatic rings. The van der Waals surface area contributed by atoms with Crippen LogP contribution in [-0.2, 0) is 0 Å². The predicted octanol–water partition coefficient (Wildman–Crippen LogP) is -2.62. The van der Waals surface area contributed by atoms with Crippen molar-refractivity contribution in [3.8, 4) is 0 Å². The third-order valence-electron chi connectivity index (χ3n) is 4.90. The van der Waals surface area contributed by atoms with Crippen molar-refractivity contribution in [1.29, 1.82) is 0 Å². The summed E-state index contributed by atoms with van der Waals surface area (Å²) in [6, 6.07) is 0. The zero-order valence-corrected chi connectivity index (χ0v) is 17.1. The van der Waals surface area contributed by atoms with E-state index in [9.17, 15) is 0 Å². The van der Waals surface area contributed by atoms with Crippen molar-refractivity contribution in [1.82, 2.24) is 37.2 Å². The molecule has 8 nitrogen and oxygen atoms in total. The van der Waals surface area contributed by atoms with E-state index in [1.54, 1.807) is 0 Å². The van der Waals surface area contributed by atoms with E-state index in [-0.39, 0.29) is 16.6 Å². The molecule has 3 rings (SSSR count). The number of rotatable bonds is 1. The van der Waals surface area contributed by atoms with Crippen molar-refractivity contribution in [3.63, 3.8) is 0 Å². The molecule has 0 spiro atoms. The van der Waals surface area contributed by atoms with E-state index < -0.39 is 0 Å². The number of hydrogen-bond acceptors (Lipinski definition) is 8. The van der Waals surface area contributed by atoms with Gasteiger partial charge in [0.25, 0.3) is 0 Å². The Hall–Kier alpha value is -0.320. The highest BCUT2D eigenvalue weighted by atomic mass is 15.2. The minimum absolute atomic E-state index is 0.0376. The van der Waals surface area contributed by atoms with Crippen LogP contribution in [0.1, 0.15) is 20.8 Å². The van der Waals surface area contributed by atoms with E-state index in [0.717, 1.165) is 78.5 Å². The summed E-state index contributed by atoms with van der Waals surface area (Å²) in [7, 11) is 0. The standard InChI is InChI=1S/C18H42N8/c1-16(2,3)26-18-13-23-7-4-20-10-17(19,11-21-5-8-24-14-18)12-22-6-9-25-15-18/h20-26H,4-15,19H2,1-3H3/t17-,18+. The normalized spacial score (nSPS) is 34.2. The lowest BCUT2D eigenvalue weighted by Gasteiger charge is -2.42. The zero-order valence-electron chi connectivity index (χ0n) is 17.1. The van der Waals surface area contributed by atoms with Crippen molar-refractivity contribution in [2.75, 3.05) is 78.5 Å². The van der Waals surface area contributed by atoms with Gasteiger partial charge in [0, 0.05) is 84.1 Å². The van der Waals surface area contributed by atoms with Crippen molar-refractivity contribution in [2.24, 2.45) is 5.73 Å². The molecule has 0 aromatic heterocycles. The number of nitrogens with two attached hydrogens (primary N) is 1. The fourth-order valence-corrected chi connectivity index (χ4v) is 3.83. The van der Waals surface area contributed by atoms with Crippen LogP contribution < -0.4 is 43.0 Å². The number of fused-ring (bicyclic) bond motifs is 15. The third kappa shape index (κ3) is 8.14. The van der Waals surface area contributed by atoms with Crippen molar-refractivity contribution in [2.45, 2.75) is 37.4 Å². The second-order valence-corrected chi connectivity index (χ2v) is 9.08. The molecule has 3 saturated heterocycles. The fourth-order valence-electron chi connectivity index (χ4n) is 3.83. The molecule has 0 aromatic rings. The first-order chi connectivity index (χ1) is 12.3. The van der Waals surface area contributed by atoms with Gasteiger partial charge >= 0.3 is 0 Å². The van der Waals surface area contributed by atoms with Gasteiger partial charge in [-0.15, -0.1) is 0 Å². The van der Waals surface area contributed by atoms with Crippen LogP contribution >= 0.6 is 0 Å². The first-order valence-electron chi connectivity index (χ1n) is 10.2. The molecular formula is C18H42N8. The lowest BCUT2D eigenvalue weighted by molar-refractivity contribution is 0.216. The number of hydrogen-bond donors (Lipinski definition) is 8. The van der Waals surface area contributed by atoms with Crippen LogP contribution in [0, 0.1) is 0 Å². The van der Waals surface area contributed by atoms with Gasteiger partial charge in [-0.3, -0.25) is 0 Å². The summed E-state index contributed by atoms with van der Waals surface area (Å²) in [6.07, 6.45) is 0. The monoisotopic (exact) mass is 370 g/mol. The Morgan fingerprint density at radius 1 is 0.615 bits per heavy atom. The summed E-state index contributed by atoms with van der Waals surface area (Å²) in [6.45, 7) is 17.5. The summed E-state index contributed by atoms with van der Waals surface area (Å²) in [4.78, 5) is 0. The molecule has 0 unspecified atom stereocenters. The molecule has 3 fully saturated rings. The SMILES string of the molecule is CC(C)(C)N[C@]12CNCCNC[C@](N)(CNCCNC1)CNCCNC2. The van der Waals surface area contributed by atoms with Crippen LogP contribution in [0.4, 0.5) is 0 Å². The minimum Gasteiger partial charge on any atom is -0.322 e. The molecule has 0 aliphatic carbocycles. The van der Waals surface area contributed by atoms with Gasteiger partial charge in [0.2, 0.25) is 0 Å². The van der Waals surface area contributed by atoms with Crippen LogP contribution in [0.2, 0.25) is 0 Å². The maximum atomic E-state index is 6.63. The molecule has 0 atom stereocenters. The first kappa shape index (κ1) is 22.0. The van der Waals surface area contributed by atoms with E-state index in [0.29, 0.717) is 0 Å². The molecule has 3 heterocycles. The zero-order chi connectivity index (χ0) is 18.9. The van der Waals surface area contributed by atoms with E-state index in [1.165, 1.54) is 0 Å². The van der Waals surface area contributed by atoms with E-state index >= 15 is 0 Å². The number of nitrogens with one attached hydrogen (secondary N) is 7.